The van der Waals surface area contributed by atoms with Crippen molar-refractivity contribution in [1.82, 2.24) is 4.90 Å². The monoisotopic (exact) mass is 238 g/mol. The van der Waals surface area contributed by atoms with Gasteiger partial charge in [-0.1, -0.05) is 32.6 Å². The average molecular weight is 238 g/mol. The summed E-state index contributed by atoms with van der Waals surface area (Å²) in [6, 6.07) is 0. The Hall–Kier alpha value is -0.520. The Bertz CT molecular complexity index is 190. The van der Waals surface area contributed by atoms with Crippen LogP contribution in [-0.2, 0) is 0 Å². The molecule has 2 heteroatoms. The molecule has 1 atom stereocenters. The van der Waals surface area contributed by atoms with Crippen LogP contribution in [0.3, 0.4) is 0 Å². The van der Waals surface area contributed by atoms with E-state index in [0.29, 0.717) is 0 Å². The summed E-state index contributed by atoms with van der Waals surface area (Å²) in [6.07, 6.45) is 12.9. The van der Waals surface area contributed by atoms with Gasteiger partial charge in [-0.25, -0.2) is 0 Å². The third kappa shape index (κ3) is 9.21. The Morgan fingerprint density at radius 1 is 1.12 bits per heavy atom. The zero-order valence-corrected chi connectivity index (χ0v) is 11.8. The third-order valence-corrected chi connectivity index (χ3v) is 3.21. The summed E-state index contributed by atoms with van der Waals surface area (Å²) in [5.74, 6) is 3.57. The highest BCUT2D eigenvalue weighted by Crippen LogP contribution is 2.17. The van der Waals surface area contributed by atoms with Gasteiger partial charge in [0, 0.05) is 0 Å². The van der Waals surface area contributed by atoms with E-state index in [1.165, 1.54) is 38.5 Å². The Morgan fingerprint density at radius 3 is 2.41 bits per heavy atom. The van der Waals surface area contributed by atoms with E-state index in [2.05, 4.69) is 24.7 Å². The summed E-state index contributed by atoms with van der Waals surface area (Å²) >= 11 is 0. The van der Waals surface area contributed by atoms with Crippen molar-refractivity contribution in [3.63, 3.8) is 0 Å². The molecule has 0 fully saturated rings. The van der Waals surface area contributed by atoms with Crippen molar-refractivity contribution in [1.29, 1.82) is 0 Å². The van der Waals surface area contributed by atoms with Crippen LogP contribution >= 0.6 is 0 Å². The first kappa shape index (κ1) is 16.5. The van der Waals surface area contributed by atoms with E-state index in [1.54, 1.807) is 0 Å². The molecule has 0 saturated heterocycles. The van der Waals surface area contributed by atoms with Crippen LogP contribution in [0.5, 0.6) is 0 Å². The molecule has 0 radical (unpaired) electrons. The zero-order valence-electron chi connectivity index (χ0n) is 11.8. The molecule has 0 rings (SSSR count). The average Bonchev–Trinajstić information content (AvgIpc) is 2.30. The number of hydrogen-bond acceptors (Lipinski definition) is 2. The molecule has 0 amide bonds. The highest BCUT2D eigenvalue weighted by Gasteiger charge is 2.08. The van der Waals surface area contributed by atoms with Crippen LogP contribution < -0.4 is 5.73 Å². The fraction of sp³-hybridized carbons (Fsp3) is 0.867. The lowest BCUT2D eigenvalue weighted by Crippen LogP contribution is -2.26. The maximum atomic E-state index is 5.65. The fourth-order valence-corrected chi connectivity index (χ4v) is 2.40. The molecule has 0 heterocycles. The number of rotatable bonds is 11. The molecule has 1 unspecified atom stereocenters. The highest BCUT2D eigenvalue weighted by atomic mass is 15.1. The van der Waals surface area contributed by atoms with Gasteiger partial charge in [0.2, 0.25) is 0 Å². The van der Waals surface area contributed by atoms with Crippen LogP contribution in [0.25, 0.3) is 0 Å². The second kappa shape index (κ2) is 12.0. The van der Waals surface area contributed by atoms with Gasteiger partial charge in [0.15, 0.2) is 0 Å². The van der Waals surface area contributed by atoms with Crippen molar-refractivity contribution in [2.45, 2.75) is 52.4 Å². The van der Waals surface area contributed by atoms with Crippen molar-refractivity contribution in [3.8, 4) is 12.3 Å². The number of terminal acetylenes is 1. The van der Waals surface area contributed by atoms with Gasteiger partial charge in [0.05, 0.1) is 6.54 Å². The Kier molecular flexibility index (Phi) is 11.6. The standard InChI is InChI=1S/C15H30N2/c1-4-8-15(10-11-16)9-7-14-17(12-5-2)13-6-3/h2,15H,4,6-14,16H2,1,3H3. The highest BCUT2D eigenvalue weighted by molar-refractivity contribution is 4.88. The largest absolute Gasteiger partial charge is 0.330 e. The predicted molar refractivity (Wildman–Crippen MR) is 76.9 cm³/mol. The predicted octanol–water partition coefficient (Wildman–Crippen LogP) is 2.88. The molecule has 0 aliphatic rings. The summed E-state index contributed by atoms with van der Waals surface area (Å²) < 4.78 is 0. The Labute approximate surface area is 108 Å². The van der Waals surface area contributed by atoms with Crippen molar-refractivity contribution >= 4 is 0 Å². The second-order valence-electron chi connectivity index (χ2n) is 4.85. The molecular formula is C15H30N2. The van der Waals surface area contributed by atoms with E-state index >= 15 is 0 Å². The zero-order chi connectivity index (χ0) is 12.9. The lowest BCUT2D eigenvalue weighted by molar-refractivity contribution is 0.284. The minimum Gasteiger partial charge on any atom is -0.330 e. The quantitative estimate of drug-likeness (QED) is 0.561. The van der Waals surface area contributed by atoms with Crippen LogP contribution in [0.15, 0.2) is 0 Å². The van der Waals surface area contributed by atoms with Crippen molar-refractivity contribution in [2.24, 2.45) is 11.7 Å². The van der Waals surface area contributed by atoms with E-state index in [1.807, 2.05) is 0 Å². The Balaban J connectivity index is 3.78. The molecule has 0 spiro atoms. The normalized spacial score (nSPS) is 12.6. The van der Waals surface area contributed by atoms with E-state index in [4.69, 9.17) is 12.2 Å². The number of nitrogens with zero attached hydrogens (tertiary/aromatic N) is 1. The van der Waals surface area contributed by atoms with Crippen molar-refractivity contribution < 1.29 is 0 Å². The van der Waals surface area contributed by atoms with Gasteiger partial charge in [-0.15, -0.1) is 6.42 Å². The SMILES string of the molecule is C#CCN(CCC)CCCC(CCC)CCN. The molecular weight excluding hydrogens is 208 g/mol. The number of nitrogens with two attached hydrogens (primary N) is 1. The molecule has 0 bridgehead atoms. The van der Waals surface area contributed by atoms with Gasteiger partial charge in [-0.3, -0.25) is 4.90 Å². The molecule has 0 aliphatic carbocycles. The van der Waals surface area contributed by atoms with Crippen LogP contribution in [0.4, 0.5) is 0 Å². The minimum atomic E-state index is 0.795. The third-order valence-electron chi connectivity index (χ3n) is 3.21. The smallest absolute Gasteiger partial charge is 0.0598 e. The molecule has 2 N–H and O–H groups in total. The summed E-state index contributed by atoms with van der Waals surface area (Å²) in [4.78, 5) is 2.38. The molecule has 0 saturated carbocycles. The van der Waals surface area contributed by atoms with Crippen LogP contribution in [0, 0.1) is 18.3 Å². The van der Waals surface area contributed by atoms with Gasteiger partial charge in [-0.2, -0.15) is 0 Å². The van der Waals surface area contributed by atoms with Crippen LogP contribution in [0.2, 0.25) is 0 Å². The maximum Gasteiger partial charge on any atom is 0.0598 e. The van der Waals surface area contributed by atoms with E-state index < -0.39 is 0 Å². The summed E-state index contributed by atoms with van der Waals surface area (Å²) in [7, 11) is 0. The summed E-state index contributed by atoms with van der Waals surface area (Å²) in [6.45, 7) is 8.35. The molecule has 0 aromatic heterocycles. The van der Waals surface area contributed by atoms with Crippen molar-refractivity contribution in [2.75, 3.05) is 26.2 Å². The van der Waals surface area contributed by atoms with E-state index in [0.717, 1.165) is 32.1 Å². The Morgan fingerprint density at radius 2 is 1.88 bits per heavy atom. The van der Waals surface area contributed by atoms with Gasteiger partial charge >= 0.3 is 0 Å². The first-order valence-electron chi connectivity index (χ1n) is 7.14. The lowest BCUT2D eigenvalue weighted by Gasteiger charge is -2.21. The molecule has 0 aromatic rings. The van der Waals surface area contributed by atoms with Crippen molar-refractivity contribution in [3.05, 3.63) is 0 Å². The summed E-state index contributed by atoms with van der Waals surface area (Å²) in [5.41, 5.74) is 5.65. The molecule has 100 valence electrons. The van der Waals surface area contributed by atoms with E-state index in [-0.39, 0.29) is 0 Å². The maximum absolute atomic E-state index is 5.65. The first-order chi connectivity index (χ1) is 8.28. The number of hydrogen-bond donors (Lipinski definition) is 1. The van der Waals surface area contributed by atoms with Crippen LogP contribution in [-0.4, -0.2) is 31.1 Å². The molecule has 0 aromatic carbocycles. The van der Waals surface area contributed by atoms with E-state index in [9.17, 15) is 0 Å². The lowest BCUT2D eigenvalue weighted by atomic mass is 9.94. The second-order valence-corrected chi connectivity index (χ2v) is 4.85. The molecule has 17 heavy (non-hydrogen) atoms. The van der Waals surface area contributed by atoms with Gasteiger partial charge < -0.3 is 5.73 Å². The van der Waals surface area contributed by atoms with Gasteiger partial charge in [0.25, 0.3) is 0 Å². The van der Waals surface area contributed by atoms with Gasteiger partial charge in [-0.05, 0) is 51.2 Å². The summed E-state index contributed by atoms with van der Waals surface area (Å²) in [5, 5.41) is 0. The molecule has 0 aliphatic heterocycles. The topological polar surface area (TPSA) is 29.3 Å². The minimum absolute atomic E-state index is 0.795. The fourth-order valence-electron chi connectivity index (χ4n) is 2.40. The molecule has 2 nitrogen and oxygen atoms in total. The van der Waals surface area contributed by atoms with Gasteiger partial charge in [0.1, 0.15) is 0 Å². The first-order valence-corrected chi connectivity index (χ1v) is 7.14. The van der Waals surface area contributed by atoms with Crippen LogP contribution in [0.1, 0.15) is 52.4 Å².